The summed E-state index contributed by atoms with van der Waals surface area (Å²) in [5, 5.41) is 23.6. The van der Waals surface area contributed by atoms with Crippen LogP contribution in [0.25, 0.3) is 45.8 Å². The van der Waals surface area contributed by atoms with E-state index in [1.165, 1.54) is 36.8 Å². The molecule has 234 valence electrons. The van der Waals surface area contributed by atoms with Crippen molar-refractivity contribution in [2.75, 3.05) is 0 Å². The summed E-state index contributed by atoms with van der Waals surface area (Å²) < 4.78 is 4.53. The van der Waals surface area contributed by atoms with Crippen LogP contribution in [0, 0.1) is 0 Å². The number of phenolic OH excluding ortho intramolecular Hbond substituents is 2. The fourth-order valence-electron chi connectivity index (χ4n) is 5.50. The monoisotopic (exact) mass is 736 g/mol. The summed E-state index contributed by atoms with van der Waals surface area (Å²) in [5.74, 6) is 0.595. The first-order valence-electron chi connectivity index (χ1n) is 15.4. The maximum atomic E-state index is 9.66. The van der Waals surface area contributed by atoms with Gasteiger partial charge in [0.1, 0.15) is 24.6 Å². The zero-order valence-electron chi connectivity index (χ0n) is 25.6. The maximum Gasteiger partial charge on any atom is 0.169 e. The van der Waals surface area contributed by atoms with Gasteiger partial charge >= 0.3 is 0 Å². The minimum absolute atomic E-state index is 0. The molecule has 2 aromatic heterocycles. The second-order valence-electron chi connectivity index (χ2n) is 11.4. The average Bonchev–Trinajstić information content (AvgIpc) is 3.05. The van der Waals surface area contributed by atoms with Gasteiger partial charge in [-0.2, -0.15) is 0 Å². The first-order valence-corrected chi connectivity index (χ1v) is 15.4. The summed E-state index contributed by atoms with van der Waals surface area (Å²) in [4.78, 5) is 0. The van der Waals surface area contributed by atoms with E-state index in [2.05, 4.69) is 107 Å². The maximum absolute atomic E-state index is 9.66. The third-order valence-corrected chi connectivity index (χ3v) is 8.05. The van der Waals surface area contributed by atoms with E-state index >= 15 is 0 Å². The van der Waals surface area contributed by atoms with Gasteiger partial charge in [-0.05, 0) is 93.0 Å². The summed E-state index contributed by atoms with van der Waals surface area (Å²) >= 11 is 0. The van der Waals surface area contributed by atoms with Crippen molar-refractivity contribution in [1.29, 1.82) is 0 Å². The van der Waals surface area contributed by atoms with E-state index in [1.54, 1.807) is 24.3 Å². The fraction of sp³-hybridized carbons (Fsp3) is 0.150. The Morgan fingerprint density at radius 1 is 0.391 bits per heavy atom. The van der Waals surface area contributed by atoms with Crippen molar-refractivity contribution in [2.45, 2.75) is 38.8 Å². The topological polar surface area (TPSA) is 48.2 Å². The number of nitrogens with zero attached hydrogens (tertiary/aromatic N) is 2. The molecule has 6 rings (SSSR count). The molecule has 0 atom stereocenters. The van der Waals surface area contributed by atoms with Gasteiger partial charge in [0, 0.05) is 37.1 Å². The van der Waals surface area contributed by atoms with Crippen molar-refractivity contribution in [2.24, 2.45) is 0 Å². The molecule has 4 nitrogen and oxygen atoms in total. The average molecular weight is 739 g/mol. The highest BCUT2D eigenvalue weighted by atomic mass is 79.9. The smallest absolute Gasteiger partial charge is 0.169 e. The van der Waals surface area contributed by atoms with E-state index in [0.717, 1.165) is 45.8 Å². The second kappa shape index (κ2) is 16.9. The lowest BCUT2D eigenvalue weighted by atomic mass is 10.1. The molecule has 2 heterocycles. The van der Waals surface area contributed by atoms with Gasteiger partial charge in [-0.25, -0.2) is 9.13 Å². The largest absolute Gasteiger partial charge is 1.00 e. The normalized spacial score (nSPS) is 11.2. The van der Waals surface area contributed by atoms with Gasteiger partial charge < -0.3 is 44.2 Å². The van der Waals surface area contributed by atoms with Crippen LogP contribution in [0.1, 0.15) is 47.9 Å². The molecule has 0 fully saturated rings. The number of unbranched alkanes of at least 4 members (excludes halogenated alkanes) is 3. The van der Waals surface area contributed by atoms with Gasteiger partial charge in [0.05, 0.1) is 0 Å². The highest BCUT2D eigenvalue weighted by Crippen LogP contribution is 2.23. The number of halogens is 2. The Morgan fingerprint density at radius 3 is 1.15 bits per heavy atom. The van der Waals surface area contributed by atoms with Gasteiger partial charge in [0.25, 0.3) is 0 Å². The lowest BCUT2D eigenvalue weighted by molar-refractivity contribution is -0.698. The molecule has 0 spiro atoms. The Bertz CT molecular complexity index is 1790. The van der Waals surface area contributed by atoms with Gasteiger partial charge in [-0.15, -0.1) is 0 Å². The van der Waals surface area contributed by atoms with Crippen molar-refractivity contribution in [3.63, 3.8) is 0 Å². The number of hydrogen-bond acceptors (Lipinski definition) is 2. The van der Waals surface area contributed by atoms with Crippen molar-refractivity contribution < 1.29 is 53.3 Å². The van der Waals surface area contributed by atoms with Crippen LogP contribution in [0.3, 0.4) is 0 Å². The minimum atomic E-state index is 0. The van der Waals surface area contributed by atoms with Crippen LogP contribution in [-0.4, -0.2) is 10.2 Å². The lowest BCUT2D eigenvalue weighted by Crippen LogP contribution is -3.00. The number of benzene rings is 4. The zero-order chi connectivity index (χ0) is 30.1. The SMILES string of the molecule is Oc1ccc2cc(/C=C/c3cc[n+](CCCCCC[n+]4ccc(/C=C/c5ccc6cc(O)ccc6c5)cc4)cc3)ccc2c1.[Br-].[Br-]. The fourth-order valence-corrected chi connectivity index (χ4v) is 5.50. The molecular weight excluding hydrogens is 700 g/mol. The molecule has 0 aliphatic carbocycles. The van der Waals surface area contributed by atoms with Crippen LogP contribution in [0.2, 0.25) is 0 Å². The summed E-state index contributed by atoms with van der Waals surface area (Å²) in [6.07, 6.45) is 22.0. The summed E-state index contributed by atoms with van der Waals surface area (Å²) in [7, 11) is 0. The summed E-state index contributed by atoms with van der Waals surface area (Å²) in [5.41, 5.74) is 4.65. The van der Waals surface area contributed by atoms with Crippen molar-refractivity contribution >= 4 is 45.8 Å². The van der Waals surface area contributed by atoms with Crippen LogP contribution in [-0.2, 0) is 13.1 Å². The molecule has 0 unspecified atom stereocenters. The molecule has 4 aromatic carbocycles. The number of aryl methyl sites for hydroxylation is 2. The standard InChI is InChI=1S/C40H36N2O2.2BrH/c43-39-15-13-35-27-33(9-11-37(35)29-39)7-5-31-17-23-41(24-18-31)21-3-1-2-4-22-42-25-19-32(20-26-42)6-8-34-10-12-38-30-40(44)16-14-36(38)28-34;;/h5-20,23-30H,1-4,21-22H2;2*1H. The molecule has 0 amide bonds. The Morgan fingerprint density at radius 2 is 0.739 bits per heavy atom. The van der Waals surface area contributed by atoms with Crippen LogP contribution >= 0.6 is 0 Å². The Hall–Kier alpha value is -4.26. The highest BCUT2D eigenvalue weighted by molar-refractivity contribution is 5.88. The molecule has 6 aromatic rings. The molecule has 0 saturated carbocycles. The number of rotatable bonds is 11. The third-order valence-electron chi connectivity index (χ3n) is 8.05. The van der Waals surface area contributed by atoms with Crippen LogP contribution in [0.5, 0.6) is 11.5 Å². The Kier molecular flexibility index (Phi) is 12.7. The predicted molar refractivity (Wildman–Crippen MR) is 181 cm³/mol. The van der Waals surface area contributed by atoms with E-state index in [1.807, 2.05) is 24.3 Å². The zero-order valence-corrected chi connectivity index (χ0v) is 28.8. The number of pyridine rings is 2. The number of phenols is 2. The number of aromatic nitrogens is 2. The van der Waals surface area contributed by atoms with Gasteiger partial charge in [0.15, 0.2) is 24.8 Å². The van der Waals surface area contributed by atoms with Crippen molar-refractivity contribution in [1.82, 2.24) is 0 Å². The van der Waals surface area contributed by atoms with Crippen LogP contribution < -0.4 is 43.1 Å². The van der Waals surface area contributed by atoms with E-state index in [-0.39, 0.29) is 34.0 Å². The number of fused-ring (bicyclic) bond motifs is 2. The quantitative estimate of drug-likeness (QED) is 0.159. The molecule has 0 aliphatic rings. The van der Waals surface area contributed by atoms with Gasteiger partial charge in [-0.1, -0.05) is 60.7 Å². The van der Waals surface area contributed by atoms with E-state index < -0.39 is 0 Å². The Balaban J connectivity index is 0.00000240. The summed E-state index contributed by atoms with van der Waals surface area (Å²) in [6, 6.07) is 32.1. The number of hydrogen-bond donors (Lipinski definition) is 2. The highest BCUT2D eigenvalue weighted by Gasteiger charge is 2.04. The Labute approximate surface area is 292 Å². The molecular formula is C40H38Br2N2O2. The minimum Gasteiger partial charge on any atom is -1.00 e. The molecule has 0 radical (unpaired) electrons. The van der Waals surface area contributed by atoms with E-state index in [4.69, 9.17) is 0 Å². The van der Waals surface area contributed by atoms with Gasteiger partial charge in [0.2, 0.25) is 0 Å². The molecule has 46 heavy (non-hydrogen) atoms. The molecule has 0 saturated heterocycles. The van der Waals surface area contributed by atoms with Crippen LogP contribution in [0.15, 0.2) is 122 Å². The third kappa shape index (κ3) is 9.62. The molecule has 6 heteroatoms. The lowest BCUT2D eigenvalue weighted by Gasteiger charge is -2.01. The van der Waals surface area contributed by atoms with Gasteiger partial charge in [-0.3, -0.25) is 0 Å². The van der Waals surface area contributed by atoms with E-state index in [9.17, 15) is 10.2 Å². The molecule has 2 N–H and O–H groups in total. The summed E-state index contributed by atoms with van der Waals surface area (Å²) in [6.45, 7) is 2.07. The van der Waals surface area contributed by atoms with Crippen molar-refractivity contribution in [3.8, 4) is 11.5 Å². The van der Waals surface area contributed by atoms with E-state index in [0.29, 0.717) is 11.5 Å². The predicted octanol–water partition coefficient (Wildman–Crippen LogP) is 2.59. The second-order valence-corrected chi connectivity index (χ2v) is 11.4. The molecule has 0 bridgehead atoms. The number of aromatic hydroxyl groups is 2. The van der Waals surface area contributed by atoms with Crippen LogP contribution in [0.4, 0.5) is 0 Å². The first kappa shape index (κ1) is 34.6. The molecule has 0 aliphatic heterocycles. The van der Waals surface area contributed by atoms with Crippen molar-refractivity contribution in [3.05, 3.63) is 144 Å². The first-order chi connectivity index (χ1) is 21.6.